The molecule has 244 valence electrons. The lowest BCUT2D eigenvalue weighted by molar-refractivity contribution is -0.139. The third-order valence-electron chi connectivity index (χ3n) is 8.10. The van der Waals surface area contributed by atoms with Gasteiger partial charge in [0.25, 0.3) is 5.91 Å². The quantitative estimate of drug-likeness (QED) is 0.213. The first-order valence-corrected chi connectivity index (χ1v) is 14.9. The first-order chi connectivity index (χ1) is 21.2. The van der Waals surface area contributed by atoms with Crippen molar-refractivity contribution in [2.45, 2.75) is 77.2 Å². The first-order valence-electron chi connectivity index (χ1n) is 14.9. The summed E-state index contributed by atoms with van der Waals surface area (Å²) in [6.07, 6.45) is -1.69. The Morgan fingerprint density at radius 1 is 1.22 bits per heavy atom. The molecule has 14 heteroatoms. The van der Waals surface area contributed by atoms with Crippen LogP contribution < -0.4 is 10.6 Å². The smallest absolute Gasteiger partial charge is 0.383 e. The minimum absolute atomic E-state index is 0.0265. The summed E-state index contributed by atoms with van der Waals surface area (Å²) in [6, 6.07) is 7.70. The summed E-state index contributed by atoms with van der Waals surface area (Å²) in [6.45, 7) is 8.11. The average molecular weight is 634 g/mol. The molecule has 1 aliphatic heterocycles. The predicted octanol–water partition coefficient (Wildman–Crippen LogP) is 5.82. The maximum atomic E-state index is 15.3. The number of alkyl halides is 4. The molecule has 3 unspecified atom stereocenters. The molecule has 0 bridgehead atoms. The van der Waals surface area contributed by atoms with Gasteiger partial charge in [-0.15, -0.1) is 0 Å². The number of hydrogen-bond acceptors (Lipinski definition) is 7. The highest BCUT2D eigenvalue weighted by Crippen LogP contribution is 2.35. The molecule has 1 aromatic carbocycles. The lowest BCUT2D eigenvalue weighted by Crippen LogP contribution is -2.54. The number of benzene rings is 1. The maximum Gasteiger partial charge on any atom is 0.406 e. The monoisotopic (exact) mass is 633 g/mol. The molecule has 1 fully saturated rings. The van der Waals surface area contributed by atoms with Crippen LogP contribution in [0.3, 0.4) is 0 Å². The molecule has 1 saturated heterocycles. The summed E-state index contributed by atoms with van der Waals surface area (Å²) in [5, 5.41) is 10.4. The fraction of sp³-hybridized carbons (Fsp3) is 0.516. The number of aromatic nitrogens is 4. The normalized spacial score (nSPS) is 18.8. The average Bonchev–Trinajstić information content (AvgIpc) is 3.71. The van der Waals surface area contributed by atoms with Crippen LogP contribution in [-0.2, 0) is 17.8 Å². The maximum absolute atomic E-state index is 15.3. The third-order valence-corrected chi connectivity index (χ3v) is 8.10. The van der Waals surface area contributed by atoms with E-state index in [1.807, 2.05) is 32.3 Å². The number of likely N-dealkylation sites (tertiary alicyclic amines) is 1. The van der Waals surface area contributed by atoms with Crippen LogP contribution in [0.15, 0.2) is 47.2 Å². The van der Waals surface area contributed by atoms with Crippen molar-refractivity contribution in [1.29, 1.82) is 0 Å². The van der Waals surface area contributed by atoms with Crippen molar-refractivity contribution in [1.82, 2.24) is 29.5 Å². The van der Waals surface area contributed by atoms with Crippen molar-refractivity contribution in [3.63, 3.8) is 0 Å². The van der Waals surface area contributed by atoms with E-state index in [0.717, 1.165) is 4.57 Å². The summed E-state index contributed by atoms with van der Waals surface area (Å²) < 4.78 is 69.9. The highest BCUT2D eigenvalue weighted by molar-refractivity contribution is 5.96. The number of methoxy groups -OCH3 is 1. The molecule has 0 spiro atoms. The Morgan fingerprint density at radius 3 is 2.69 bits per heavy atom. The highest BCUT2D eigenvalue weighted by atomic mass is 19.4. The molecular weight excluding hydrogens is 594 g/mol. The zero-order valence-corrected chi connectivity index (χ0v) is 26.0. The summed E-state index contributed by atoms with van der Waals surface area (Å²) in [5.74, 6) is -0.412. The van der Waals surface area contributed by atoms with Crippen molar-refractivity contribution in [2.24, 2.45) is 0 Å². The van der Waals surface area contributed by atoms with Crippen molar-refractivity contribution in [3.05, 3.63) is 54.2 Å². The van der Waals surface area contributed by atoms with Crippen LogP contribution >= 0.6 is 0 Å². The fourth-order valence-corrected chi connectivity index (χ4v) is 5.66. The van der Waals surface area contributed by atoms with Gasteiger partial charge in [0, 0.05) is 49.2 Å². The molecule has 3 atom stereocenters. The van der Waals surface area contributed by atoms with Gasteiger partial charge in [-0.05, 0) is 58.4 Å². The molecule has 0 saturated carbocycles. The molecule has 0 aliphatic carbocycles. The van der Waals surface area contributed by atoms with Crippen LogP contribution in [0.25, 0.3) is 22.4 Å². The molecule has 0 radical (unpaired) electrons. The van der Waals surface area contributed by atoms with Crippen LogP contribution in [0.5, 0.6) is 0 Å². The van der Waals surface area contributed by atoms with Gasteiger partial charge in [-0.25, -0.2) is 4.39 Å². The van der Waals surface area contributed by atoms with E-state index in [1.54, 1.807) is 49.8 Å². The van der Waals surface area contributed by atoms with Gasteiger partial charge in [0.15, 0.2) is 0 Å². The number of piperidine rings is 1. The van der Waals surface area contributed by atoms with Crippen LogP contribution in [0.1, 0.15) is 56.4 Å². The number of hydrogen-bond donors (Lipinski definition) is 2. The van der Waals surface area contributed by atoms with Crippen LogP contribution in [-0.4, -0.2) is 80.8 Å². The Labute approximate surface area is 258 Å². The van der Waals surface area contributed by atoms with Crippen molar-refractivity contribution >= 4 is 22.5 Å². The van der Waals surface area contributed by atoms with E-state index in [2.05, 4.69) is 25.7 Å². The molecule has 5 rings (SSSR count). The van der Waals surface area contributed by atoms with E-state index >= 15 is 4.39 Å². The number of ether oxygens (including phenoxy) is 1. The minimum Gasteiger partial charge on any atom is -0.383 e. The van der Waals surface area contributed by atoms with Gasteiger partial charge in [0.2, 0.25) is 11.7 Å². The second kappa shape index (κ2) is 12.8. The number of fused-ring (bicyclic) bond motifs is 1. The summed E-state index contributed by atoms with van der Waals surface area (Å²) in [5.41, 5.74) is 1.15. The van der Waals surface area contributed by atoms with Gasteiger partial charge in [-0.3, -0.25) is 9.69 Å². The van der Waals surface area contributed by atoms with Gasteiger partial charge in [-0.2, -0.15) is 18.2 Å². The Hall–Kier alpha value is -3.91. The summed E-state index contributed by atoms with van der Waals surface area (Å²) in [4.78, 5) is 19.1. The van der Waals surface area contributed by atoms with Gasteiger partial charge in [0.1, 0.15) is 12.7 Å². The molecule has 1 amide bonds. The van der Waals surface area contributed by atoms with E-state index in [1.165, 1.54) is 0 Å². The third kappa shape index (κ3) is 7.50. The van der Waals surface area contributed by atoms with E-state index in [9.17, 15) is 18.0 Å². The van der Waals surface area contributed by atoms with Crippen LogP contribution in [0.4, 0.5) is 23.2 Å². The zero-order chi connectivity index (χ0) is 32.5. The molecule has 2 N–H and O–H groups in total. The van der Waals surface area contributed by atoms with Crippen molar-refractivity contribution in [2.75, 3.05) is 32.1 Å². The number of carbonyl (C=O) groups excluding carboxylic acids is 1. The molecular formula is C31H39F4N7O3. The minimum atomic E-state index is -4.54. The summed E-state index contributed by atoms with van der Waals surface area (Å²) in [7, 11) is 1.60. The number of anilines is 1. The molecule has 4 aromatic rings. The Balaban J connectivity index is 1.36. The highest BCUT2D eigenvalue weighted by Gasteiger charge is 2.35. The Morgan fingerprint density at radius 2 is 2.00 bits per heavy atom. The number of amides is 1. The van der Waals surface area contributed by atoms with Gasteiger partial charge >= 0.3 is 6.18 Å². The first kappa shape index (κ1) is 32.5. The van der Waals surface area contributed by atoms with E-state index < -0.39 is 24.9 Å². The Bertz CT molecular complexity index is 1620. The van der Waals surface area contributed by atoms with Crippen LogP contribution in [0, 0.1) is 0 Å². The molecule has 3 aromatic heterocycles. The second-order valence-corrected chi connectivity index (χ2v) is 12.5. The Kier molecular flexibility index (Phi) is 9.26. The number of rotatable bonds is 10. The van der Waals surface area contributed by atoms with Crippen LogP contribution in [0.2, 0.25) is 0 Å². The fourth-order valence-electron chi connectivity index (χ4n) is 5.66. The second-order valence-electron chi connectivity index (χ2n) is 12.5. The summed E-state index contributed by atoms with van der Waals surface area (Å²) >= 11 is 0. The van der Waals surface area contributed by atoms with Gasteiger partial charge in [-0.1, -0.05) is 11.2 Å². The van der Waals surface area contributed by atoms with E-state index in [4.69, 9.17) is 9.26 Å². The number of carbonyl (C=O) groups is 1. The standard InChI is InChI=1S/C31H39F4N7O3/c1-19(17-44-5)40-11-9-20(15-40)29(43)36-14-27-38-28(39-45-27)26-13-21-23(7-6-8-25(21)42(26)18-31(33,34)35)37-24-10-12-41(16-22(24)32)30(2,3)4/h6-9,11,13,15,19,22,24,37H,10,12,14,16-18H2,1-5H3,(H,36,43). The van der Waals surface area contributed by atoms with Crippen molar-refractivity contribution in [3.8, 4) is 11.5 Å². The molecule has 10 nitrogen and oxygen atoms in total. The molecule has 4 heterocycles. The number of nitrogens with one attached hydrogen (secondary N) is 2. The SMILES string of the molecule is COCC(C)n1ccc(C(=O)NCc2nc(-c3cc4c(NC5CCN(C(C)(C)C)CC5F)cccc4n3CC(F)(F)F)no2)c1. The largest absolute Gasteiger partial charge is 0.406 e. The topological polar surface area (TPSA) is 102 Å². The van der Waals surface area contributed by atoms with E-state index in [-0.39, 0.29) is 48.0 Å². The lowest BCUT2D eigenvalue weighted by atomic mass is 9.96. The van der Waals surface area contributed by atoms with Gasteiger partial charge in [0.05, 0.1) is 42.0 Å². The van der Waals surface area contributed by atoms with E-state index in [0.29, 0.717) is 41.7 Å². The molecule has 1 aliphatic rings. The lowest BCUT2D eigenvalue weighted by Gasteiger charge is -2.42. The molecule has 45 heavy (non-hydrogen) atoms. The van der Waals surface area contributed by atoms with Gasteiger partial charge < -0.3 is 29.0 Å². The zero-order valence-electron chi connectivity index (χ0n) is 26.0. The predicted molar refractivity (Wildman–Crippen MR) is 162 cm³/mol. The van der Waals surface area contributed by atoms with Crippen molar-refractivity contribution < 1.29 is 31.6 Å². The number of nitrogens with zero attached hydrogens (tertiary/aromatic N) is 5. The number of halogens is 4.